The third kappa shape index (κ3) is 34.3. The van der Waals surface area contributed by atoms with Crippen LogP contribution in [0.25, 0.3) is 0 Å². The molecule has 0 aliphatic carbocycles. The molecule has 0 radical (unpaired) electrons. The molecule has 4 atom stereocenters. The summed E-state index contributed by atoms with van der Waals surface area (Å²) in [5, 5.41) is 43.4. The maximum absolute atomic E-state index is 12.4. The molecule has 1 amide bonds. The molecule has 0 aliphatic rings. The van der Waals surface area contributed by atoms with Gasteiger partial charge >= 0.3 is 0 Å². The summed E-state index contributed by atoms with van der Waals surface area (Å²) >= 11 is 0. The summed E-state index contributed by atoms with van der Waals surface area (Å²) in [6.07, 6.45) is 45.2. The molecule has 0 bridgehead atoms. The average Bonchev–Trinajstić information content (AvgIpc) is 3.13. The van der Waals surface area contributed by atoms with Gasteiger partial charge in [-0.1, -0.05) is 199 Å². The SMILES string of the molecule is CCCCCCCCCCCCCCCCCCC/C=C/CC/C=C/CCCC(O)C(O)C(CO)NC(=O)C(O)CCCCCCCCCCC. The normalized spacial score (nSPS) is 14.4. The van der Waals surface area contributed by atoms with Gasteiger partial charge in [-0.2, -0.15) is 0 Å². The number of carbonyl (C=O) groups is 1. The summed E-state index contributed by atoms with van der Waals surface area (Å²) in [4.78, 5) is 12.4. The van der Waals surface area contributed by atoms with Gasteiger partial charge in [-0.3, -0.25) is 4.79 Å². The Kier molecular flexibility index (Phi) is 39.0. The highest BCUT2D eigenvalue weighted by atomic mass is 16.3. The standard InChI is InChI=1S/C45H87NO5/c1-3-5-7-9-11-13-14-15-16-17-18-19-20-21-22-23-24-25-26-27-28-29-31-32-34-36-38-42(48)44(50)41(40-47)46-45(51)43(49)39-37-35-33-30-12-10-8-6-4-2/h26-27,31-32,41-44,47-50H,3-25,28-30,33-40H2,1-2H3,(H,46,51)/b27-26+,32-31+. The van der Waals surface area contributed by atoms with E-state index in [0.717, 1.165) is 38.5 Å². The molecule has 0 fully saturated rings. The third-order valence-corrected chi connectivity index (χ3v) is 10.4. The van der Waals surface area contributed by atoms with Gasteiger partial charge in [-0.05, 0) is 51.4 Å². The quantitative estimate of drug-likeness (QED) is 0.0320. The fourth-order valence-corrected chi connectivity index (χ4v) is 6.83. The van der Waals surface area contributed by atoms with Gasteiger partial charge in [0, 0.05) is 0 Å². The molecule has 0 saturated carbocycles. The molecule has 6 nitrogen and oxygen atoms in total. The Morgan fingerprint density at radius 2 is 0.824 bits per heavy atom. The Bertz CT molecular complexity index is 772. The summed E-state index contributed by atoms with van der Waals surface area (Å²) in [6.45, 7) is 4.01. The molecule has 0 aromatic rings. The van der Waals surface area contributed by atoms with Crippen molar-refractivity contribution in [3.05, 3.63) is 24.3 Å². The smallest absolute Gasteiger partial charge is 0.249 e. The van der Waals surface area contributed by atoms with E-state index in [1.54, 1.807) is 0 Å². The lowest BCUT2D eigenvalue weighted by molar-refractivity contribution is -0.132. The molecule has 0 spiro atoms. The summed E-state index contributed by atoms with van der Waals surface area (Å²) < 4.78 is 0. The Hall–Kier alpha value is -1.21. The maximum Gasteiger partial charge on any atom is 0.249 e. The maximum atomic E-state index is 12.4. The van der Waals surface area contributed by atoms with Gasteiger partial charge in [-0.15, -0.1) is 0 Å². The molecule has 302 valence electrons. The van der Waals surface area contributed by atoms with Gasteiger partial charge in [0.2, 0.25) is 5.91 Å². The number of aliphatic hydroxyl groups excluding tert-OH is 4. The van der Waals surface area contributed by atoms with E-state index in [1.165, 1.54) is 154 Å². The van der Waals surface area contributed by atoms with Crippen molar-refractivity contribution in [1.29, 1.82) is 0 Å². The summed E-state index contributed by atoms with van der Waals surface area (Å²) in [7, 11) is 0. The van der Waals surface area contributed by atoms with Crippen LogP contribution in [0.1, 0.15) is 226 Å². The number of aliphatic hydroxyl groups is 4. The molecule has 51 heavy (non-hydrogen) atoms. The van der Waals surface area contributed by atoms with Gasteiger partial charge in [0.05, 0.1) is 18.8 Å². The molecule has 0 aromatic heterocycles. The van der Waals surface area contributed by atoms with E-state index < -0.39 is 36.9 Å². The topological polar surface area (TPSA) is 110 Å². The number of nitrogens with one attached hydrogen (secondary N) is 1. The Balaban J connectivity index is 3.70. The summed E-state index contributed by atoms with van der Waals surface area (Å²) in [6, 6.07) is -1.00. The molecule has 4 unspecified atom stereocenters. The predicted octanol–water partition coefficient (Wildman–Crippen LogP) is 11.6. The molecule has 5 N–H and O–H groups in total. The van der Waals surface area contributed by atoms with E-state index in [9.17, 15) is 25.2 Å². The lowest BCUT2D eigenvalue weighted by atomic mass is 10.00. The first kappa shape index (κ1) is 49.8. The summed E-state index contributed by atoms with van der Waals surface area (Å²) in [5.41, 5.74) is 0. The van der Waals surface area contributed by atoms with E-state index in [0.29, 0.717) is 19.3 Å². The van der Waals surface area contributed by atoms with Crippen molar-refractivity contribution in [2.75, 3.05) is 6.61 Å². The molecule has 0 aromatic carbocycles. The van der Waals surface area contributed by atoms with Gasteiger partial charge < -0.3 is 25.7 Å². The van der Waals surface area contributed by atoms with Crippen LogP contribution < -0.4 is 5.32 Å². The fourth-order valence-electron chi connectivity index (χ4n) is 6.83. The highest BCUT2D eigenvalue weighted by Crippen LogP contribution is 2.16. The van der Waals surface area contributed by atoms with Crippen molar-refractivity contribution in [2.24, 2.45) is 0 Å². The van der Waals surface area contributed by atoms with Crippen molar-refractivity contribution in [2.45, 2.75) is 250 Å². The zero-order chi connectivity index (χ0) is 37.5. The van der Waals surface area contributed by atoms with Gasteiger partial charge in [-0.25, -0.2) is 0 Å². The second kappa shape index (κ2) is 40.0. The van der Waals surface area contributed by atoms with E-state index in [2.05, 4.69) is 43.5 Å². The van der Waals surface area contributed by atoms with Crippen molar-refractivity contribution in [3.63, 3.8) is 0 Å². The van der Waals surface area contributed by atoms with Crippen LogP contribution in [0.3, 0.4) is 0 Å². The molecule has 0 aliphatic heterocycles. The highest BCUT2D eigenvalue weighted by molar-refractivity contribution is 5.80. The molecule has 0 saturated heterocycles. The third-order valence-electron chi connectivity index (χ3n) is 10.4. The van der Waals surface area contributed by atoms with Crippen LogP contribution in [0.2, 0.25) is 0 Å². The van der Waals surface area contributed by atoms with Crippen LogP contribution in [-0.4, -0.2) is 57.3 Å². The average molecular weight is 722 g/mol. The van der Waals surface area contributed by atoms with Gasteiger partial charge in [0.25, 0.3) is 0 Å². The van der Waals surface area contributed by atoms with Crippen LogP contribution in [0.5, 0.6) is 0 Å². The first-order chi connectivity index (χ1) is 25.0. The molecule has 0 rings (SSSR count). The number of allylic oxidation sites excluding steroid dienone is 4. The predicted molar refractivity (Wildman–Crippen MR) is 219 cm³/mol. The van der Waals surface area contributed by atoms with Crippen LogP contribution in [0.4, 0.5) is 0 Å². The minimum Gasteiger partial charge on any atom is -0.394 e. The van der Waals surface area contributed by atoms with Crippen LogP contribution in [-0.2, 0) is 4.79 Å². The molecule has 6 heteroatoms. The number of hydrogen-bond donors (Lipinski definition) is 5. The van der Waals surface area contributed by atoms with Crippen molar-refractivity contribution in [3.8, 4) is 0 Å². The first-order valence-corrected chi connectivity index (χ1v) is 22.2. The number of hydrogen-bond acceptors (Lipinski definition) is 5. The minimum atomic E-state index is -1.29. The Labute approximate surface area is 316 Å². The van der Waals surface area contributed by atoms with E-state index in [4.69, 9.17) is 0 Å². The number of unbranched alkanes of at least 4 members (excludes halogenated alkanes) is 27. The lowest BCUT2D eigenvalue weighted by Crippen LogP contribution is -2.53. The Morgan fingerprint density at radius 1 is 0.471 bits per heavy atom. The fraction of sp³-hybridized carbons (Fsp3) is 0.889. The highest BCUT2D eigenvalue weighted by Gasteiger charge is 2.28. The van der Waals surface area contributed by atoms with Crippen molar-refractivity contribution < 1.29 is 25.2 Å². The lowest BCUT2D eigenvalue weighted by Gasteiger charge is -2.27. The molecule has 0 heterocycles. The zero-order valence-corrected chi connectivity index (χ0v) is 33.9. The van der Waals surface area contributed by atoms with Gasteiger partial charge in [0.15, 0.2) is 0 Å². The van der Waals surface area contributed by atoms with E-state index in [1.807, 2.05) is 0 Å². The first-order valence-electron chi connectivity index (χ1n) is 22.2. The largest absolute Gasteiger partial charge is 0.394 e. The van der Waals surface area contributed by atoms with Crippen LogP contribution >= 0.6 is 0 Å². The van der Waals surface area contributed by atoms with E-state index in [-0.39, 0.29) is 0 Å². The van der Waals surface area contributed by atoms with Crippen LogP contribution in [0, 0.1) is 0 Å². The number of amides is 1. The zero-order valence-electron chi connectivity index (χ0n) is 33.9. The van der Waals surface area contributed by atoms with Crippen molar-refractivity contribution >= 4 is 5.91 Å². The second-order valence-corrected chi connectivity index (χ2v) is 15.4. The molecular weight excluding hydrogens is 634 g/mol. The monoisotopic (exact) mass is 722 g/mol. The minimum absolute atomic E-state index is 0.361. The second-order valence-electron chi connectivity index (χ2n) is 15.4. The molecular formula is C45H87NO5. The Morgan fingerprint density at radius 3 is 1.24 bits per heavy atom. The van der Waals surface area contributed by atoms with Gasteiger partial charge in [0.1, 0.15) is 12.2 Å². The summed E-state index contributed by atoms with van der Waals surface area (Å²) in [5.74, 6) is -0.600. The number of rotatable bonds is 40. The van der Waals surface area contributed by atoms with Crippen LogP contribution in [0.15, 0.2) is 24.3 Å². The number of carbonyl (C=O) groups excluding carboxylic acids is 1. The van der Waals surface area contributed by atoms with Crippen molar-refractivity contribution in [1.82, 2.24) is 5.32 Å². The van der Waals surface area contributed by atoms with E-state index >= 15 is 0 Å².